The van der Waals surface area contributed by atoms with Crippen LogP contribution in [0, 0.1) is 18.3 Å². The summed E-state index contributed by atoms with van der Waals surface area (Å²) in [5.74, 6) is 0.327. The molecule has 0 fully saturated rings. The minimum Gasteiger partial charge on any atom is -0.330 e. The summed E-state index contributed by atoms with van der Waals surface area (Å²) in [4.78, 5) is 0. The van der Waals surface area contributed by atoms with E-state index in [0.29, 0.717) is 18.0 Å². The smallest absolute Gasteiger partial charge is 0.0991 e. The molecule has 2 rings (SSSR count). The second kappa shape index (κ2) is 6.17. The Balaban J connectivity index is 2.14. The zero-order chi connectivity index (χ0) is 13.7. The third-order valence-electron chi connectivity index (χ3n) is 3.40. The SMILES string of the molecule is Cc1ccc(C(CN)Cc2ccc(C#N)cc2)cc1. The van der Waals surface area contributed by atoms with E-state index >= 15 is 0 Å². The first-order valence-corrected chi connectivity index (χ1v) is 6.48. The molecule has 2 N–H and O–H groups in total. The third kappa shape index (κ3) is 3.43. The van der Waals surface area contributed by atoms with Crippen molar-refractivity contribution in [2.75, 3.05) is 6.54 Å². The van der Waals surface area contributed by atoms with Gasteiger partial charge in [-0.2, -0.15) is 5.26 Å². The van der Waals surface area contributed by atoms with Crippen LogP contribution in [0.25, 0.3) is 0 Å². The quantitative estimate of drug-likeness (QED) is 0.906. The minimum absolute atomic E-state index is 0.327. The molecule has 19 heavy (non-hydrogen) atoms. The average molecular weight is 250 g/mol. The first-order chi connectivity index (χ1) is 9.22. The molecular weight excluding hydrogens is 232 g/mol. The van der Waals surface area contributed by atoms with Gasteiger partial charge in [0, 0.05) is 5.92 Å². The molecule has 1 atom stereocenters. The molecule has 0 spiro atoms. The summed E-state index contributed by atoms with van der Waals surface area (Å²) in [5.41, 5.74) is 10.3. The first-order valence-electron chi connectivity index (χ1n) is 6.48. The maximum Gasteiger partial charge on any atom is 0.0991 e. The van der Waals surface area contributed by atoms with Gasteiger partial charge in [-0.25, -0.2) is 0 Å². The van der Waals surface area contributed by atoms with Gasteiger partial charge in [0.1, 0.15) is 0 Å². The lowest BCUT2D eigenvalue weighted by Crippen LogP contribution is -2.15. The van der Waals surface area contributed by atoms with Crippen LogP contribution < -0.4 is 5.73 Å². The molecule has 2 aromatic rings. The number of hydrogen-bond acceptors (Lipinski definition) is 2. The second-order valence-electron chi connectivity index (χ2n) is 4.86. The van der Waals surface area contributed by atoms with Crippen LogP contribution in [-0.4, -0.2) is 6.54 Å². The Kier molecular flexibility index (Phi) is 4.33. The van der Waals surface area contributed by atoms with Crippen LogP contribution in [-0.2, 0) is 6.42 Å². The number of nitriles is 1. The monoisotopic (exact) mass is 250 g/mol. The van der Waals surface area contributed by atoms with Crippen molar-refractivity contribution in [1.29, 1.82) is 5.26 Å². The van der Waals surface area contributed by atoms with Crippen molar-refractivity contribution in [3.05, 3.63) is 70.8 Å². The van der Waals surface area contributed by atoms with Crippen LogP contribution in [0.15, 0.2) is 48.5 Å². The van der Waals surface area contributed by atoms with Gasteiger partial charge in [-0.15, -0.1) is 0 Å². The Morgan fingerprint density at radius 3 is 2.21 bits per heavy atom. The number of hydrogen-bond donors (Lipinski definition) is 1. The van der Waals surface area contributed by atoms with Gasteiger partial charge in [0.25, 0.3) is 0 Å². The van der Waals surface area contributed by atoms with Crippen molar-refractivity contribution >= 4 is 0 Å². The summed E-state index contributed by atoms with van der Waals surface area (Å²) in [6, 6.07) is 18.4. The van der Waals surface area contributed by atoms with Crippen molar-refractivity contribution in [2.24, 2.45) is 5.73 Å². The van der Waals surface area contributed by atoms with E-state index in [-0.39, 0.29) is 0 Å². The fourth-order valence-electron chi connectivity index (χ4n) is 2.18. The minimum atomic E-state index is 0.327. The highest BCUT2D eigenvalue weighted by molar-refractivity contribution is 5.33. The predicted octanol–water partition coefficient (Wildman–Crippen LogP) is 3.15. The fourth-order valence-corrected chi connectivity index (χ4v) is 2.18. The van der Waals surface area contributed by atoms with Gasteiger partial charge in [0.05, 0.1) is 11.6 Å². The Morgan fingerprint density at radius 1 is 1.05 bits per heavy atom. The molecule has 0 radical (unpaired) electrons. The van der Waals surface area contributed by atoms with Crippen molar-refractivity contribution < 1.29 is 0 Å². The summed E-state index contributed by atoms with van der Waals surface area (Å²) < 4.78 is 0. The van der Waals surface area contributed by atoms with Gasteiger partial charge in [-0.3, -0.25) is 0 Å². The summed E-state index contributed by atoms with van der Waals surface area (Å²) in [6.07, 6.45) is 0.908. The van der Waals surface area contributed by atoms with E-state index in [1.165, 1.54) is 16.7 Å². The highest BCUT2D eigenvalue weighted by Gasteiger charge is 2.10. The van der Waals surface area contributed by atoms with E-state index in [9.17, 15) is 0 Å². The molecule has 2 heteroatoms. The Hall–Kier alpha value is -2.11. The predicted molar refractivity (Wildman–Crippen MR) is 77.8 cm³/mol. The summed E-state index contributed by atoms with van der Waals surface area (Å²) >= 11 is 0. The molecule has 0 amide bonds. The average Bonchev–Trinajstić information content (AvgIpc) is 2.46. The summed E-state index contributed by atoms with van der Waals surface area (Å²) in [5, 5.41) is 8.79. The van der Waals surface area contributed by atoms with E-state index < -0.39 is 0 Å². The normalized spacial score (nSPS) is 11.8. The number of nitrogens with zero attached hydrogens (tertiary/aromatic N) is 1. The van der Waals surface area contributed by atoms with Crippen LogP contribution in [0.2, 0.25) is 0 Å². The molecule has 0 heterocycles. The topological polar surface area (TPSA) is 49.8 Å². The Morgan fingerprint density at radius 2 is 1.68 bits per heavy atom. The van der Waals surface area contributed by atoms with E-state index in [1.54, 1.807) is 0 Å². The lowest BCUT2D eigenvalue weighted by Gasteiger charge is -2.15. The van der Waals surface area contributed by atoms with Gasteiger partial charge in [-0.05, 0) is 43.1 Å². The molecule has 0 saturated heterocycles. The first kappa shape index (κ1) is 13.3. The van der Waals surface area contributed by atoms with Gasteiger partial charge in [0.2, 0.25) is 0 Å². The molecule has 0 aromatic heterocycles. The van der Waals surface area contributed by atoms with E-state index in [2.05, 4.69) is 37.3 Å². The summed E-state index contributed by atoms with van der Waals surface area (Å²) in [7, 11) is 0. The van der Waals surface area contributed by atoms with Crippen molar-refractivity contribution in [1.82, 2.24) is 0 Å². The largest absolute Gasteiger partial charge is 0.330 e. The Bertz CT molecular complexity index is 562. The molecule has 1 unspecified atom stereocenters. The van der Waals surface area contributed by atoms with Crippen LogP contribution in [0.1, 0.15) is 28.2 Å². The van der Waals surface area contributed by atoms with Crippen molar-refractivity contribution in [3.8, 4) is 6.07 Å². The summed E-state index contributed by atoms with van der Waals surface area (Å²) in [6.45, 7) is 2.71. The molecule has 0 aliphatic heterocycles. The standard InChI is InChI=1S/C17H18N2/c1-13-2-8-16(9-3-13)17(12-19)10-14-4-6-15(11-18)7-5-14/h2-9,17H,10,12,19H2,1H3. The molecule has 2 nitrogen and oxygen atoms in total. The van der Waals surface area contributed by atoms with Gasteiger partial charge in [0.15, 0.2) is 0 Å². The van der Waals surface area contributed by atoms with Gasteiger partial charge < -0.3 is 5.73 Å². The zero-order valence-corrected chi connectivity index (χ0v) is 11.1. The lowest BCUT2D eigenvalue weighted by atomic mass is 9.91. The number of benzene rings is 2. The molecule has 2 aromatic carbocycles. The number of aryl methyl sites for hydroxylation is 1. The van der Waals surface area contributed by atoms with Crippen LogP contribution >= 0.6 is 0 Å². The molecule has 0 aliphatic rings. The number of nitrogens with two attached hydrogens (primary N) is 1. The van der Waals surface area contributed by atoms with Gasteiger partial charge in [-0.1, -0.05) is 42.0 Å². The highest BCUT2D eigenvalue weighted by atomic mass is 14.5. The van der Waals surface area contributed by atoms with Crippen LogP contribution in [0.5, 0.6) is 0 Å². The van der Waals surface area contributed by atoms with Gasteiger partial charge >= 0.3 is 0 Å². The third-order valence-corrected chi connectivity index (χ3v) is 3.40. The molecule has 0 aliphatic carbocycles. The van der Waals surface area contributed by atoms with E-state index in [1.807, 2.05) is 24.3 Å². The van der Waals surface area contributed by atoms with Crippen LogP contribution in [0.3, 0.4) is 0 Å². The van der Waals surface area contributed by atoms with Crippen molar-refractivity contribution in [3.63, 3.8) is 0 Å². The van der Waals surface area contributed by atoms with E-state index in [0.717, 1.165) is 6.42 Å². The second-order valence-corrected chi connectivity index (χ2v) is 4.86. The Labute approximate surface area is 114 Å². The number of rotatable bonds is 4. The lowest BCUT2D eigenvalue weighted by molar-refractivity contribution is 0.694. The van der Waals surface area contributed by atoms with Crippen LogP contribution in [0.4, 0.5) is 0 Å². The molecular formula is C17H18N2. The van der Waals surface area contributed by atoms with Crippen molar-refractivity contribution in [2.45, 2.75) is 19.3 Å². The molecule has 96 valence electrons. The zero-order valence-electron chi connectivity index (χ0n) is 11.1. The molecule has 0 saturated carbocycles. The molecule has 0 bridgehead atoms. The highest BCUT2D eigenvalue weighted by Crippen LogP contribution is 2.20. The maximum atomic E-state index is 8.79. The maximum absolute atomic E-state index is 8.79. The fraction of sp³-hybridized carbons (Fsp3) is 0.235. The van der Waals surface area contributed by atoms with E-state index in [4.69, 9.17) is 11.0 Å².